The summed E-state index contributed by atoms with van der Waals surface area (Å²) in [6.07, 6.45) is 3.99. The van der Waals surface area contributed by atoms with Gasteiger partial charge in [0.05, 0.1) is 6.61 Å². The van der Waals surface area contributed by atoms with Crippen LogP contribution >= 0.6 is 0 Å². The molecule has 3 heteroatoms. The molecule has 0 amide bonds. The number of hydrogen-bond acceptors (Lipinski definition) is 3. The highest BCUT2D eigenvalue weighted by Gasteiger charge is 2.32. The Bertz CT molecular complexity index is 214. The molecule has 3 nitrogen and oxygen atoms in total. The molecular weight excluding hydrogens is 212 g/mol. The Morgan fingerprint density at radius 3 is 2.47 bits per heavy atom. The molecule has 1 saturated carbocycles. The van der Waals surface area contributed by atoms with Crippen LogP contribution in [0.5, 0.6) is 0 Å². The fraction of sp³-hybridized carbons (Fsp3) is 1.00. The van der Waals surface area contributed by atoms with Crippen molar-refractivity contribution in [2.24, 2.45) is 17.1 Å². The summed E-state index contributed by atoms with van der Waals surface area (Å²) in [5.41, 5.74) is 6.06. The van der Waals surface area contributed by atoms with Gasteiger partial charge in [0.25, 0.3) is 0 Å². The molecule has 102 valence electrons. The summed E-state index contributed by atoms with van der Waals surface area (Å²) in [6.45, 7) is 10.7. The van der Waals surface area contributed by atoms with Crippen molar-refractivity contribution in [1.29, 1.82) is 0 Å². The summed E-state index contributed by atoms with van der Waals surface area (Å²) < 4.78 is 5.21. The molecule has 0 aliphatic heterocycles. The lowest BCUT2D eigenvalue weighted by atomic mass is 9.89. The van der Waals surface area contributed by atoms with Gasteiger partial charge in [0.15, 0.2) is 0 Å². The molecule has 0 heterocycles. The van der Waals surface area contributed by atoms with Crippen LogP contribution in [0.15, 0.2) is 0 Å². The molecule has 0 radical (unpaired) electrons. The van der Waals surface area contributed by atoms with Crippen molar-refractivity contribution in [3.05, 3.63) is 0 Å². The van der Waals surface area contributed by atoms with Gasteiger partial charge in [-0.3, -0.25) is 4.90 Å². The zero-order valence-electron chi connectivity index (χ0n) is 12.0. The lowest BCUT2D eigenvalue weighted by molar-refractivity contribution is 0.105. The first-order valence-electron chi connectivity index (χ1n) is 6.93. The highest BCUT2D eigenvalue weighted by Crippen LogP contribution is 2.35. The number of hydrogen-bond donors (Lipinski definition) is 1. The van der Waals surface area contributed by atoms with Crippen molar-refractivity contribution in [2.45, 2.75) is 46.1 Å². The minimum absolute atomic E-state index is 0.259. The monoisotopic (exact) mass is 242 g/mol. The SMILES string of the molecule is COCCN(CCC(C)(C)CN)C(C)C1CC1. The van der Waals surface area contributed by atoms with Crippen molar-refractivity contribution in [3.8, 4) is 0 Å². The topological polar surface area (TPSA) is 38.5 Å². The lowest BCUT2D eigenvalue weighted by Gasteiger charge is -2.32. The lowest BCUT2D eigenvalue weighted by Crippen LogP contribution is -2.40. The summed E-state index contributed by atoms with van der Waals surface area (Å²) in [5.74, 6) is 0.924. The zero-order chi connectivity index (χ0) is 12.9. The van der Waals surface area contributed by atoms with Crippen molar-refractivity contribution in [1.82, 2.24) is 4.90 Å². The standard InChI is InChI=1S/C14H30N2O/c1-12(13-5-6-13)16(9-10-17-4)8-7-14(2,3)11-15/h12-13H,5-11,15H2,1-4H3. The Kier molecular flexibility index (Phi) is 5.90. The molecule has 1 rings (SSSR count). The molecule has 0 bridgehead atoms. The third kappa shape index (κ3) is 5.36. The molecule has 0 aromatic heterocycles. The van der Waals surface area contributed by atoms with Crippen LogP contribution in [0.4, 0.5) is 0 Å². The minimum atomic E-state index is 0.259. The summed E-state index contributed by atoms with van der Waals surface area (Å²) >= 11 is 0. The van der Waals surface area contributed by atoms with Crippen LogP contribution in [0.1, 0.15) is 40.0 Å². The number of rotatable bonds is 9. The Balaban J connectivity index is 2.39. The number of ether oxygens (including phenoxy) is 1. The zero-order valence-corrected chi connectivity index (χ0v) is 12.0. The fourth-order valence-electron chi connectivity index (χ4n) is 2.15. The molecule has 1 aliphatic rings. The van der Waals surface area contributed by atoms with Gasteiger partial charge in [-0.15, -0.1) is 0 Å². The fourth-order valence-corrected chi connectivity index (χ4v) is 2.15. The maximum Gasteiger partial charge on any atom is 0.0589 e. The second-order valence-electron chi connectivity index (χ2n) is 6.23. The van der Waals surface area contributed by atoms with Gasteiger partial charge in [0.2, 0.25) is 0 Å². The molecule has 1 aliphatic carbocycles. The van der Waals surface area contributed by atoms with Gasteiger partial charge in [0.1, 0.15) is 0 Å². The Hall–Kier alpha value is -0.120. The summed E-state index contributed by atoms with van der Waals surface area (Å²) in [5, 5.41) is 0. The molecule has 0 saturated heterocycles. The summed E-state index contributed by atoms with van der Waals surface area (Å²) in [7, 11) is 1.78. The smallest absolute Gasteiger partial charge is 0.0589 e. The van der Waals surface area contributed by atoms with E-state index in [9.17, 15) is 0 Å². The average molecular weight is 242 g/mol. The maximum absolute atomic E-state index is 5.80. The third-order valence-electron chi connectivity index (χ3n) is 4.09. The highest BCUT2D eigenvalue weighted by molar-refractivity contribution is 4.86. The van der Waals surface area contributed by atoms with Gasteiger partial charge in [-0.2, -0.15) is 0 Å². The van der Waals surface area contributed by atoms with E-state index in [1.54, 1.807) is 7.11 Å². The first-order chi connectivity index (χ1) is 8.00. The number of nitrogens with zero attached hydrogens (tertiary/aromatic N) is 1. The van der Waals surface area contributed by atoms with E-state index >= 15 is 0 Å². The van der Waals surface area contributed by atoms with Crippen molar-refractivity contribution < 1.29 is 4.74 Å². The van der Waals surface area contributed by atoms with E-state index in [4.69, 9.17) is 10.5 Å². The second kappa shape index (κ2) is 6.72. The Morgan fingerprint density at radius 2 is 2.00 bits per heavy atom. The van der Waals surface area contributed by atoms with E-state index in [0.29, 0.717) is 6.04 Å². The predicted molar refractivity (Wildman–Crippen MR) is 73.1 cm³/mol. The average Bonchev–Trinajstić information content (AvgIpc) is 3.12. The van der Waals surface area contributed by atoms with Crippen LogP contribution in [0.3, 0.4) is 0 Å². The molecule has 17 heavy (non-hydrogen) atoms. The Morgan fingerprint density at radius 1 is 1.35 bits per heavy atom. The predicted octanol–water partition coefficient (Wildman–Crippen LogP) is 2.11. The van der Waals surface area contributed by atoms with Crippen LogP contribution in [0.25, 0.3) is 0 Å². The third-order valence-corrected chi connectivity index (χ3v) is 4.09. The summed E-state index contributed by atoms with van der Waals surface area (Å²) in [6, 6.07) is 0.707. The van der Waals surface area contributed by atoms with E-state index in [-0.39, 0.29) is 5.41 Å². The molecule has 0 aromatic rings. The van der Waals surface area contributed by atoms with Gasteiger partial charge in [-0.25, -0.2) is 0 Å². The van der Waals surface area contributed by atoms with Crippen LogP contribution in [0.2, 0.25) is 0 Å². The molecular formula is C14H30N2O. The highest BCUT2D eigenvalue weighted by atomic mass is 16.5. The van der Waals surface area contributed by atoms with E-state index in [1.807, 2.05) is 0 Å². The first-order valence-corrected chi connectivity index (χ1v) is 6.93. The first kappa shape index (κ1) is 14.9. The second-order valence-corrected chi connectivity index (χ2v) is 6.23. The van der Waals surface area contributed by atoms with Gasteiger partial charge >= 0.3 is 0 Å². The van der Waals surface area contributed by atoms with Crippen molar-refractivity contribution in [2.75, 3.05) is 33.4 Å². The molecule has 1 unspecified atom stereocenters. The van der Waals surface area contributed by atoms with Crippen LogP contribution in [0, 0.1) is 11.3 Å². The van der Waals surface area contributed by atoms with E-state index in [2.05, 4.69) is 25.7 Å². The molecule has 2 N–H and O–H groups in total. The quantitative estimate of drug-likeness (QED) is 0.673. The molecule has 0 aromatic carbocycles. The molecule has 1 fully saturated rings. The minimum Gasteiger partial charge on any atom is -0.383 e. The molecule has 1 atom stereocenters. The van der Waals surface area contributed by atoms with Gasteiger partial charge in [0, 0.05) is 19.7 Å². The van der Waals surface area contributed by atoms with E-state index < -0.39 is 0 Å². The van der Waals surface area contributed by atoms with Gasteiger partial charge in [-0.1, -0.05) is 13.8 Å². The van der Waals surface area contributed by atoms with Crippen LogP contribution in [-0.2, 0) is 4.74 Å². The van der Waals surface area contributed by atoms with Crippen molar-refractivity contribution >= 4 is 0 Å². The van der Waals surface area contributed by atoms with Crippen LogP contribution < -0.4 is 5.73 Å². The van der Waals surface area contributed by atoms with Gasteiger partial charge in [-0.05, 0) is 50.6 Å². The van der Waals surface area contributed by atoms with Crippen LogP contribution in [-0.4, -0.2) is 44.3 Å². The Labute approximate surface area is 107 Å². The number of methoxy groups -OCH3 is 1. The van der Waals surface area contributed by atoms with Gasteiger partial charge < -0.3 is 10.5 Å². The normalized spacial score (nSPS) is 18.7. The van der Waals surface area contributed by atoms with E-state index in [0.717, 1.165) is 32.2 Å². The molecule has 0 spiro atoms. The van der Waals surface area contributed by atoms with Crippen molar-refractivity contribution in [3.63, 3.8) is 0 Å². The van der Waals surface area contributed by atoms with E-state index in [1.165, 1.54) is 19.3 Å². The number of nitrogens with two attached hydrogens (primary N) is 1. The largest absolute Gasteiger partial charge is 0.383 e. The summed E-state index contributed by atoms with van der Waals surface area (Å²) in [4.78, 5) is 2.58. The maximum atomic E-state index is 5.80.